The lowest BCUT2D eigenvalue weighted by atomic mass is 10.1. The van der Waals surface area contributed by atoms with E-state index in [1.807, 2.05) is 41.5 Å². The van der Waals surface area contributed by atoms with E-state index in [0.29, 0.717) is 58.9 Å². The van der Waals surface area contributed by atoms with Gasteiger partial charge >= 0.3 is 22.8 Å². The molecule has 0 saturated carbocycles. The van der Waals surface area contributed by atoms with Crippen molar-refractivity contribution in [2.75, 3.05) is 39.6 Å². The highest BCUT2D eigenvalue weighted by atomic mass is 31.2. The second-order valence-electron chi connectivity index (χ2n) is 8.91. The molecule has 0 saturated heterocycles. The molecule has 0 rings (SSSR count). The Morgan fingerprint density at radius 3 is 1.19 bits per heavy atom. The SMILES string of the molecule is CCOP(=O)(OCC)C(C)CCC(CCCCCC(CC)P(=O)(OCC)OCC)P(=O)(OCC)OCC. The zero-order chi connectivity index (χ0) is 28.4. The first-order chi connectivity index (χ1) is 17.6. The van der Waals surface area contributed by atoms with Crippen molar-refractivity contribution in [1.82, 2.24) is 0 Å². The van der Waals surface area contributed by atoms with Gasteiger partial charge in [0, 0.05) is 0 Å². The van der Waals surface area contributed by atoms with Gasteiger partial charge in [0.1, 0.15) is 0 Å². The van der Waals surface area contributed by atoms with Gasteiger partial charge in [-0.05, 0) is 73.6 Å². The quantitative estimate of drug-likeness (QED) is 0.0758. The normalized spacial score (nSPS) is 15.6. The fourth-order valence-electron chi connectivity index (χ4n) is 4.44. The first-order valence-corrected chi connectivity index (χ1v) is 19.1. The fraction of sp³-hybridized carbons (Fsp3) is 1.00. The van der Waals surface area contributed by atoms with E-state index in [2.05, 4.69) is 0 Å². The summed E-state index contributed by atoms with van der Waals surface area (Å²) in [6, 6.07) is 0. The van der Waals surface area contributed by atoms with Crippen LogP contribution in [0.3, 0.4) is 0 Å². The highest BCUT2D eigenvalue weighted by molar-refractivity contribution is 7.55. The van der Waals surface area contributed by atoms with Gasteiger partial charge in [-0.15, -0.1) is 0 Å². The first kappa shape index (κ1) is 37.5. The van der Waals surface area contributed by atoms with Crippen LogP contribution in [-0.2, 0) is 40.8 Å². The summed E-state index contributed by atoms with van der Waals surface area (Å²) >= 11 is 0. The maximum Gasteiger partial charge on any atom is 0.333 e. The molecule has 0 aliphatic carbocycles. The maximum absolute atomic E-state index is 13.7. The predicted molar refractivity (Wildman–Crippen MR) is 152 cm³/mol. The van der Waals surface area contributed by atoms with Crippen LogP contribution < -0.4 is 0 Å². The van der Waals surface area contributed by atoms with Crippen molar-refractivity contribution in [3.63, 3.8) is 0 Å². The molecular formula is C25H55O9P3. The average molecular weight is 593 g/mol. The first-order valence-electron chi connectivity index (χ1n) is 14.2. The molecule has 0 aromatic carbocycles. The minimum atomic E-state index is -3.34. The van der Waals surface area contributed by atoms with Crippen LogP contribution in [0.25, 0.3) is 0 Å². The van der Waals surface area contributed by atoms with Crippen molar-refractivity contribution in [2.24, 2.45) is 0 Å². The molecule has 3 atom stereocenters. The van der Waals surface area contributed by atoms with E-state index in [9.17, 15) is 13.7 Å². The Hall–Kier alpha value is 0.450. The molecule has 0 radical (unpaired) electrons. The number of rotatable bonds is 25. The second-order valence-corrected chi connectivity index (χ2v) is 16.0. The summed E-state index contributed by atoms with van der Waals surface area (Å²) in [7, 11) is -9.72. The third-order valence-electron chi connectivity index (χ3n) is 6.25. The molecule has 0 aromatic heterocycles. The van der Waals surface area contributed by atoms with Crippen LogP contribution >= 0.6 is 22.8 Å². The Morgan fingerprint density at radius 1 is 0.459 bits per heavy atom. The van der Waals surface area contributed by atoms with Crippen LogP contribution in [-0.4, -0.2) is 56.6 Å². The number of hydrogen-bond acceptors (Lipinski definition) is 9. The average Bonchev–Trinajstić information content (AvgIpc) is 2.83. The van der Waals surface area contributed by atoms with Gasteiger partial charge < -0.3 is 27.1 Å². The molecule has 0 aliphatic rings. The van der Waals surface area contributed by atoms with Crippen LogP contribution in [0.1, 0.15) is 107 Å². The largest absolute Gasteiger partial charge is 0.333 e. The summed E-state index contributed by atoms with van der Waals surface area (Å²) < 4.78 is 73.5. The molecule has 9 nitrogen and oxygen atoms in total. The van der Waals surface area contributed by atoms with E-state index in [4.69, 9.17) is 27.1 Å². The van der Waals surface area contributed by atoms with Crippen molar-refractivity contribution in [2.45, 2.75) is 124 Å². The van der Waals surface area contributed by atoms with Crippen LogP contribution in [0.2, 0.25) is 0 Å². The molecule has 0 spiro atoms. The van der Waals surface area contributed by atoms with Crippen molar-refractivity contribution < 1.29 is 40.8 Å². The van der Waals surface area contributed by atoms with Crippen LogP contribution in [0.4, 0.5) is 0 Å². The third-order valence-corrected chi connectivity index (χ3v) is 14.2. The molecule has 0 bridgehead atoms. The lowest BCUT2D eigenvalue weighted by Crippen LogP contribution is -2.18. The minimum absolute atomic E-state index is 0.131. The van der Waals surface area contributed by atoms with E-state index in [1.165, 1.54) is 0 Å². The molecule has 0 aromatic rings. The van der Waals surface area contributed by atoms with E-state index < -0.39 is 22.8 Å². The summed E-state index contributed by atoms with van der Waals surface area (Å²) in [5, 5.41) is 0. The molecule has 3 unspecified atom stereocenters. The Balaban J connectivity index is 5.29. The summed E-state index contributed by atoms with van der Waals surface area (Å²) in [6.45, 7) is 16.7. The van der Waals surface area contributed by atoms with Gasteiger partial charge in [0.2, 0.25) is 0 Å². The van der Waals surface area contributed by atoms with Crippen LogP contribution in [0, 0.1) is 0 Å². The zero-order valence-electron chi connectivity index (χ0n) is 24.6. The monoisotopic (exact) mass is 592 g/mol. The predicted octanol–water partition coefficient (Wildman–Crippen LogP) is 9.05. The van der Waals surface area contributed by atoms with Gasteiger partial charge in [0.25, 0.3) is 0 Å². The molecule has 0 amide bonds. The second kappa shape index (κ2) is 20.3. The van der Waals surface area contributed by atoms with E-state index in [1.54, 1.807) is 13.8 Å². The molecular weight excluding hydrogens is 537 g/mol. The lowest BCUT2D eigenvalue weighted by Gasteiger charge is -2.29. The Kier molecular flexibility index (Phi) is 20.6. The topological polar surface area (TPSA) is 107 Å². The van der Waals surface area contributed by atoms with Crippen molar-refractivity contribution in [3.05, 3.63) is 0 Å². The maximum atomic E-state index is 13.7. The van der Waals surface area contributed by atoms with Crippen molar-refractivity contribution in [3.8, 4) is 0 Å². The Morgan fingerprint density at radius 2 is 0.811 bits per heavy atom. The number of unbranched alkanes of at least 4 members (excludes halogenated alkanes) is 2. The van der Waals surface area contributed by atoms with Crippen molar-refractivity contribution >= 4 is 22.8 Å². The lowest BCUT2D eigenvalue weighted by molar-refractivity contribution is 0.203. The highest BCUT2D eigenvalue weighted by Gasteiger charge is 2.38. The molecule has 0 heterocycles. The van der Waals surface area contributed by atoms with Crippen molar-refractivity contribution in [1.29, 1.82) is 0 Å². The summed E-state index contributed by atoms with van der Waals surface area (Å²) in [4.78, 5) is 0. The molecule has 0 fully saturated rings. The van der Waals surface area contributed by atoms with Gasteiger partial charge in [0.05, 0.1) is 56.6 Å². The molecule has 0 N–H and O–H groups in total. The van der Waals surface area contributed by atoms with E-state index in [0.717, 1.165) is 32.1 Å². The highest BCUT2D eigenvalue weighted by Crippen LogP contribution is 2.59. The van der Waals surface area contributed by atoms with E-state index in [-0.39, 0.29) is 17.0 Å². The molecule has 224 valence electrons. The summed E-state index contributed by atoms with van der Waals surface area (Å²) in [5.74, 6) is 0. The Labute approximate surface area is 227 Å². The minimum Gasteiger partial charge on any atom is -0.309 e. The third kappa shape index (κ3) is 13.1. The summed E-state index contributed by atoms with van der Waals surface area (Å²) in [6.07, 6.45) is 5.75. The van der Waals surface area contributed by atoms with E-state index >= 15 is 0 Å². The fourth-order valence-corrected chi connectivity index (χ4v) is 10.6. The number of hydrogen-bond donors (Lipinski definition) is 0. The molecule has 12 heteroatoms. The Bertz CT molecular complexity index is 690. The van der Waals surface area contributed by atoms with Crippen LogP contribution in [0.15, 0.2) is 0 Å². The standard InChI is InChI=1S/C25H55O9P3/c1-9-24(36(27,31-12-4)32-13-5)19-17-16-18-20-25(37(28,33-14-6)34-15-7)22-21-23(8)35(26,29-10-2)30-11-3/h23-25H,9-22H2,1-8H3. The summed E-state index contributed by atoms with van der Waals surface area (Å²) in [5.41, 5.74) is -0.775. The zero-order valence-corrected chi connectivity index (χ0v) is 27.3. The van der Waals surface area contributed by atoms with Gasteiger partial charge in [-0.2, -0.15) is 0 Å². The van der Waals surface area contributed by atoms with Gasteiger partial charge in [-0.3, -0.25) is 13.7 Å². The smallest absolute Gasteiger partial charge is 0.309 e. The van der Waals surface area contributed by atoms with Gasteiger partial charge in [-0.1, -0.05) is 33.1 Å². The van der Waals surface area contributed by atoms with Gasteiger partial charge in [-0.25, -0.2) is 0 Å². The molecule has 37 heavy (non-hydrogen) atoms. The van der Waals surface area contributed by atoms with Crippen LogP contribution in [0.5, 0.6) is 0 Å². The van der Waals surface area contributed by atoms with Gasteiger partial charge in [0.15, 0.2) is 0 Å². The molecule has 0 aliphatic heterocycles.